The van der Waals surface area contributed by atoms with Gasteiger partial charge in [-0.15, -0.1) is 11.3 Å². The SMILES string of the molecule is CC(C)(C)OC(=O)/C(C#N)=C/c1ccc(-c2ccc3c(c2)C(C)(C)c2cc(-c4ccc(N(c5ccccc5)c5ccccc5)cc4)ccc2-3)s1. The zero-order valence-electron chi connectivity index (χ0n) is 28.9. The van der Waals surface area contributed by atoms with Crippen LogP contribution in [0.4, 0.5) is 17.1 Å². The van der Waals surface area contributed by atoms with Gasteiger partial charge in [-0.1, -0.05) is 86.6 Å². The number of ether oxygens (including phenoxy) is 1. The average Bonchev–Trinajstić information content (AvgIpc) is 3.67. The van der Waals surface area contributed by atoms with E-state index in [9.17, 15) is 10.1 Å². The quantitative estimate of drug-likeness (QED) is 0.0963. The molecule has 0 saturated heterocycles. The molecule has 1 heterocycles. The van der Waals surface area contributed by atoms with Gasteiger partial charge in [0.1, 0.15) is 17.2 Å². The number of esters is 1. The number of nitrogens with zero attached hydrogens (tertiary/aromatic N) is 2. The highest BCUT2D eigenvalue weighted by molar-refractivity contribution is 7.16. The number of benzene rings is 5. The number of hydrogen-bond acceptors (Lipinski definition) is 5. The maximum Gasteiger partial charge on any atom is 0.349 e. The molecule has 0 N–H and O–H groups in total. The summed E-state index contributed by atoms with van der Waals surface area (Å²) < 4.78 is 5.42. The van der Waals surface area contributed by atoms with Crippen molar-refractivity contribution in [3.63, 3.8) is 0 Å². The Labute approximate surface area is 298 Å². The normalized spacial score (nSPS) is 13.2. The lowest BCUT2D eigenvalue weighted by molar-refractivity contribution is -0.149. The Morgan fingerprint density at radius 1 is 0.700 bits per heavy atom. The highest BCUT2D eigenvalue weighted by Gasteiger charge is 2.36. The van der Waals surface area contributed by atoms with E-state index in [4.69, 9.17) is 4.74 Å². The summed E-state index contributed by atoms with van der Waals surface area (Å²) in [6, 6.07) is 49.3. The molecule has 5 aromatic carbocycles. The standard InChI is InChI=1S/C45H38N2O2S/c1-44(2,3)49-43(48)33(29-46)26-37-22-25-42(50-37)32-19-24-39-38-23-18-31(27-40(38)45(4,5)41(39)28-32)30-16-20-36(21-17-30)47(34-12-8-6-9-13-34)35-14-10-7-11-15-35/h6-28H,1-5H3/b33-26+. The molecule has 0 aliphatic heterocycles. The predicted molar refractivity (Wildman–Crippen MR) is 207 cm³/mol. The van der Waals surface area contributed by atoms with Crippen LogP contribution in [-0.2, 0) is 14.9 Å². The molecule has 1 aliphatic carbocycles. The molecular formula is C45H38N2O2S. The number of rotatable bonds is 7. The van der Waals surface area contributed by atoms with Crippen LogP contribution in [0.25, 0.3) is 38.8 Å². The molecule has 5 heteroatoms. The van der Waals surface area contributed by atoms with Gasteiger partial charge >= 0.3 is 5.97 Å². The van der Waals surface area contributed by atoms with Crippen LogP contribution < -0.4 is 4.90 Å². The Bertz CT molecular complexity index is 2230. The van der Waals surface area contributed by atoms with Crippen molar-refractivity contribution >= 4 is 40.4 Å². The van der Waals surface area contributed by atoms with E-state index in [1.807, 2.05) is 24.3 Å². The topological polar surface area (TPSA) is 53.3 Å². The third-order valence-corrected chi connectivity index (χ3v) is 10.2. The number of para-hydroxylation sites is 2. The molecule has 0 amide bonds. The number of carbonyl (C=O) groups is 1. The summed E-state index contributed by atoms with van der Waals surface area (Å²) >= 11 is 1.56. The Morgan fingerprint density at radius 2 is 1.22 bits per heavy atom. The van der Waals surface area contributed by atoms with E-state index < -0.39 is 11.6 Å². The number of carbonyl (C=O) groups excluding carboxylic acids is 1. The smallest absolute Gasteiger partial charge is 0.349 e. The average molecular weight is 671 g/mol. The first-order valence-corrected chi connectivity index (χ1v) is 17.6. The zero-order valence-corrected chi connectivity index (χ0v) is 29.7. The highest BCUT2D eigenvalue weighted by atomic mass is 32.1. The van der Waals surface area contributed by atoms with Gasteiger partial charge in [0.2, 0.25) is 0 Å². The van der Waals surface area contributed by atoms with Crippen molar-refractivity contribution in [1.29, 1.82) is 5.26 Å². The summed E-state index contributed by atoms with van der Waals surface area (Å²) in [5.41, 5.74) is 11.1. The second-order valence-corrected chi connectivity index (χ2v) is 15.2. The third kappa shape index (κ3) is 6.39. The Kier molecular flexibility index (Phi) is 8.51. The van der Waals surface area contributed by atoms with Crippen LogP contribution in [0.1, 0.15) is 50.6 Å². The van der Waals surface area contributed by atoms with Crippen LogP contribution in [0.3, 0.4) is 0 Å². The largest absolute Gasteiger partial charge is 0.456 e. The highest BCUT2D eigenvalue weighted by Crippen LogP contribution is 2.51. The van der Waals surface area contributed by atoms with Crippen molar-refractivity contribution in [3.05, 3.63) is 155 Å². The fourth-order valence-corrected chi connectivity index (χ4v) is 7.62. The zero-order chi connectivity index (χ0) is 35.0. The number of hydrogen-bond donors (Lipinski definition) is 0. The van der Waals surface area contributed by atoms with Crippen LogP contribution in [0.15, 0.2) is 139 Å². The van der Waals surface area contributed by atoms with E-state index in [0.717, 1.165) is 32.4 Å². The van der Waals surface area contributed by atoms with Crippen molar-refractivity contribution in [2.45, 2.75) is 45.6 Å². The minimum atomic E-state index is -0.666. The van der Waals surface area contributed by atoms with E-state index in [0.29, 0.717) is 0 Å². The molecule has 0 saturated carbocycles. The van der Waals surface area contributed by atoms with Gasteiger partial charge in [-0.3, -0.25) is 0 Å². The van der Waals surface area contributed by atoms with Gasteiger partial charge in [0, 0.05) is 32.2 Å². The number of nitriles is 1. The summed E-state index contributed by atoms with van der Waals surface area (Å²) in [5, 5.41) is 9.62. The molecule has 7 rings (SSSR count). The first-order chi connectivity index (χ1) is 24.0. The van der Waals surface area contributed by atoms with Gasteiger partial charge in [0.15, 0.2) is 0 Å². The van der Waals surface area contributed by atoms with E-state index in [1.165, 1.54) is 33.4 Å². The molecule has 0 radical (unpaired) electrons. The van der Waals surface area contributed by atoms with Crippen LogP contribution in [0.5, 0.6) is 0 Å². The molecule has 6 aromatic rings. The van der Waals surface area contributed by atoms with Gasteiger partial charge in [-0.25, -0.2) is 4.79 Å². The van der Waals surface area contributed by atoms with Gasteiger partial charge in [-0.2, -0.15) is 5.26 Å². The fraction of sp³-hybridized carbons (Fsp3) is 0.156. The monoisotopic (exact) mass is 670 g/mol. The van der Waals surface area contributed by atoms with Gasteiger partial charge in [-0.05, 0) is 126 Å². The van der Waals surface area contributed by atoms with Crippen molar-refractivity contribution in [2.75, 3.05) is 4.90 Å². The lowest BCUT2D eigenvalue weighted by Crippen LogP contribution is -2.24. The lowest BCUT2D eigenvalue weighted by atomic mass is 9.81. The Hall–Kier alpha value is -5.70. The molecule has 0 atom stereocenters. The van der Waals surface area contributed by atoms with E-state index >= 15 is 0 Å². The number of anilines is 3. The second kappa shape index (κ2) is 13.0. The lowest BCUT2D eigenvalue weighted by Gasteiger charge is -2.25. The van der Waals surface area contributed by atoms with Crippen LogP contribution >= 0.6 is 11.3 Å². The summed E-state index contributed by atoms with van der Waals surface area (Å²) in [7, 11) is 0. The maximum absolute atomic E-state index is 12.5. The molecule has 1 aliphatic rings. The van der Waals surface area contributed by atoms with E-state index in [1.54, 1.807) is 38.2 Å². The minimum absolute atomic E-state index is 0.00554. The molecule has 0 fully saturated rings. The van der Waals surface area contributed by atoms with Crippen LogP contribution in [0, 0.1) is 11.3 Å². The number of thiophene rings is 1. The minimum Gasteiger partial charge on any atom is -0.456 e. The first-order valence-electron chi connectivity index (χ1n) is 16.8. The Balaban J connectivity index is 1.16. The molecule has 50 heavy (non-hydrogen) atoms. The van der Waals surface area contributed by atoms with Gasteiger partial charge in [0.25, 0.3) is 0 Å². The first kappa shape index (κ1) is 32.8. The van der Waals surface area contributed by atoms with Gasteiger partial charge < -0.3 is 9.64 Å². The second-order valence-electron chi connectivity index (χ2n) is 14.1. The summed E-state index contributed by atoms with van der Waals surface area (Å²) in [6.45, 7) is 9.98. The molecule has 0 unspecified atom stereocenters. The van der Waals surface area contributed by atoms with Crippen molar-refractivity contribution in [1.82, 2.24) is 0 Å². The van der Waals surface area contributed by atoms with E-state index in [-0.39, 0.29) is 11.0 Å². The molecule has 4 nitrogen and oxygen atoms in total. The predicted octanol–water partition coefficient (Wildman–Crippen LogP) is 12.1. The molecule has 0 bridgehead atoms. The van der Waals surface area contributed by atoms with Crippen molar-refractivity contribution in [2.24, 2.45) is 0 Å². The summed E-state index contributed by atoms with van der Waals surface area (Å²) in [6.07, 6.45) is 1.62. The van der Waals surface area contributed by atoms with Crippen LogP contribution in [-0.4, -0.2) is 11.6 Å². The number of fused-ring (bicyclic) bond motifs is 3. The molecular weight excluding hydrogens is 633 g/mol. The van der Waals surface area contributed by atoms with Gasteiger partial charge in [0.05, 0.1) is 0 Å². The van der Waals surface area contributed by atoms with Crippen LogP contribution in [0.2, 0.25) is 0 Å². The van der Waals surface area contributed by atoms with Crippen molar-refractivity contribution in [3.8, 4) is 38.8 Å². The van der Waals surface area contributed by atoms with Crippen molar-refractivity contribution < 1.29 is 9.53 Å². The van der Waals surface area contributed by atoms with E-state index in [2.05, 4.69) is 134 Å². The Morgan fingerprint density at radius 3 is 1.78 bits per heavy atom. The summed E-state index contributed by atoms with van der Waals surface area (Å²) in [4.78, 5) is 16.7. The fourth-order valence-electron chi connectivity index (χ4n) is 6.67. The molecule has 1 aromatic heterocycles. The third-order valence-electron chi connectivity index (χ3n) is 9.10. The maximum atomic E-state index is 12.5. The molecule has 0 spiro atoms. The molecule has 246 valence electrons. The summed E-state index contributed by atoms with van der Waals surface area (Å²) in [5.74, 6) is -0.608.